The van der Waals surface area contributed by atoms with Crippen molar-refractivity contribution in [2.24, 2.45) is 0 Å². The molecular formula is C14H14BrNO3. The molecule has 0 unspecified atom stereocenters. The quantitative estimate of drug-likeness (QED) is 0.804. The van der Waals surface area contributed by atoms with Gasteiger partial charge in [0.15, 0.2) is 0 Å². The zero-order valence-corrected chi connectivity index (χ0v) is 12.6. The van der Waals surface area contributed by atoms with Gasteiger partial charge in [0.25, 0.3) is 0 Å². The van der Waals surface area contributed by atoms with E-state index >= 15 is 0 Å². The Labute approximate surface area is 119 Å². The summed E-state index contributed by atoms with van der Waals surface area (Å²) >= 11 is 3.43. The summed E-state index contributed by atoms with van der Waals surface area (Å²) in [6.45, 7) is 5.77. The first-order valence-corrected chi connectivity index (χ1v) is 6.73. The van der Waals surface area contributed by atoms with Crippen LogP contribution in [0.1, 0.15) is 28.6 Å². The lowest BCUT2D eigenvalue weighted by Gasteiger charge is -2.04. The van der Waals surface area contributed by atoms with Gasteiger partial charge in [-0.3, -0.25) is 0 Å². The molecule has 0 saturated heterocycles. The number of nitrogens with zero attached hydrogens (tertiary/aromatic N) is 1. The molecule has 0 spiro atoms. The Morgan fingerprint density at radius 2 is 2.11 bits per heavy atom. The summed E-state index contributed by atoms with van der Waals surface area (Å²) in [5, 5.41) is 3.97. The number of carbonyl (C=O) groups is 1. The molecule has 2 aromatic rings. The molecule has 0 aliphatic heterocycles. The van der Waals surface area contributed by atoms with E-state index in [0.29, 0.717) is 23.6 Å². The predicted molar refractivity (Wildman–Crippen MR) is 75.1 cm³/mol. The second kappa shape index (κ2) is 5.57. The number of hydrogen-bond donors (Lipinski definition) is 0. The van der Waals surface area contributed by atoms with Crippen molar-refractivity contribution in [3.8, 4) is 11.3 Å². The van der Waals surface area contributed by atoms with Gasteiger partial charge in [0, 0.05) is 10.0 Å². The molecular weight excluding hydrogens is 310 g/mol. The van der Waals surface area contributed by atoms with Crippen LogP contribution in [-0.2, 0) is 4.74 Å². The lowest BCUT2D eigenvalue weighted by molar-refractivity contribution is 0.0525. The van der Waals surface area contributed by atoms with Gasteiger partial charge in [-0.05, 0) is 44.5 Å². The Morgan fingerprint density at radius 3 is 2.74 bits per heavy atom. The molecule has 1 aromatic carbocycles. The van der Waals surface area contributed by atoms with Crippen LogP contribution in [0.3, 0.4) is 0 Å². The number of benzene rings is 1. The highest BCUT2D eigenvalue weighted by molar-refractivity contribution is 9.10. The highest BCUT2D eigenvalue weighted by Crippen LogP contribution is 2.29. The first kappa shape index (κ1) is 13.8. The number of carbonyl (C=O) groups excluding carboxylic acids is 1. The zero-order valence-electron chi connectivity index (χ0n) is 11.0. The summed E-state index contributed by atoms with van der Waals surface area (Å²) in [6.07, 6.45) is 0. The number of ether oxygens (including phenoxy) is 1. The number of aryl methyl sites for hydroxylation is 2. The van der Waals surface area contributed by atoms with Crippen LogP contribution in [0.4, 0.5) is 0 Å². The standard InChI is InChI=1S/C14H14BrNO3/c1-4-18-14(17)12-9(3)19-16-13(12)10-5-8(2)6-11(15)7-10/h5-7H,4H2,1-3H3. The highest BCUT2D eigenvalue weighted by Gasteiger charge is 2.22. The SMILES string of the molecule is CCOC(=O)c1c(-c2cc(C)cc(Br)c2)noc1C. The van der Waals surface area contributed by atoms with Crippen molar-refractivity contribution in [2.45, 2.75) is 20.8 Å². The summed E-state index contributed by atoms with van der Waals surface area (Å²) in [7, 11) is 0. The molecule has 19 heavy (non-hydrogen) atoms. The van der Waals surface area contributed by atoms with E-state index in [1.807, 2.05) is 25.1 Å². The van der Waals surface area contributed by atoms with E-state index in [0.717, 1.165) is 15.6 Å². The average molecular weight is 324 g/mol. The lowest BCUT2D eigenvalue weighted by atomic mass is 10.0. The molecule has 1 aromatic heterocycles. The molecule has 0 N–H and O–H groups in total. The molecule has 2 rings (SSSR count). The van der Waals surface area contributed by atoms with Crippen molar-refractivity contribution in [3.63, 3.8) is 0 Å². The lowest BCUT2D eigenvalue weighted by Crippen LogP contribution is -2.06. The summed E-state index contributed by atoms with van der Waals surface area (Å²) in [5.74, 6) is 0.0555. The third kappa shape index (κ3) is 2.87. The molecule has 0 aliphatic carbocycles. The average Bonchev–Trinajstić information content (AvgIpc) is 2.70. The first-order chi connectivity index (χ1) is 9.02. The fourth-order valence-corrected chi connectivity index (χ4v) is 2.49. The predicted octanol–water partition coefficient (Wildman–Crippen LogP) is 3.90. The Kier molecular flexibility index (Phi) is 4.04. The number of rotatable bonds is 3. The van der Waals surface area contributed by atoms with Gasteiger partial charge < -0.3 is 9.26 Å². The topological polar surface area (TPSA) is 52.3 Å². The number of esters is 1. The molecule has 0 amide bonds. The molecule has 5 heteroatoms. The van der Waals surface area contributed by atoms with Crippen LogP contribution >= 0.6 is 15.9 Å². The molecule has 1 heterocycles. The third-order valence-electron chi connectivity index (χ3n) is 2.66. The number of halogens is 1. The molecule has 0 radical (unpaired) electrons. The van der Waals surface area contributed by atoms with Gasteiger partial charge in [-0.15, -0.1) is 0 Å². The number of hydrogen-bond acceptors (Lipinski definition) is 4. The molecule has 0 fully saturated rings. The fraction of sp³-hybridized carbons (Fsp3) is 0.286. The largest absolute Gasteiger partial charge is 0.462 e. The maximum absolute atomic E-state index is 12.0. The minimum atomic E-state index is -0.408. The van der Waals surface area contributed by atoms with Gasteiger partial charge >= 0.3 is 5.97 Å². The highest BCUT2D eigenvalue weighted by atomic mass is 79.9. The molecule has 0 bridgehead atoms. The van der Waals surface area contributed by atoms with Gasteiger partial charge in [-0.1, -0.05) is 21.1 Å². The fourth-order valence-electron chi connectivity index (χ4n) is 1.89. The molecule has 0 aliphatic rings. The minimum absolute atomic E-state index is 0.320. The monoisotopic (exact) mass is 323 g/mol. The van der Waals surface area contributed by atoms with Gasteiger partial charge in [0.05, 0.1) is 6.61 Å². The molecule has 0 saturated carbocycles. The summed E-state index contributed by atoms with van der Waals surface area (Å²) < 4.78 is 11.1. The second-order valence-electron chi connectivity index (χ2n) is 4.20. The van der Waals surface area contributed by atoms with Crippen molar-refractivity contribution in [2.75, 3.05) is 6.61 Å². The van der Waals surface area contributed by atoms with Crippen LogP contribution in [0.2, 0.25) is 0 Å². The number of aromatic nitrogens is 1. The van der Waals surface area contributed by atoms with Crippen molar-refractivity contribution < 1.29 is 14.1 Å². The second-order valence-corrected chi connectivity index (χ2v) is 5.12. The van der Waals surface area contributed by atoms with Crippen LogP contribution in [-0.4, -0.2) is 17.7 Å². The molecule has 100 valence electrons. The van der Waals surface area contributed by atoms with Gasteiger partial charge in [0.2, 0.25) is 0 Å². The minimum Gasteiger partial charge on any atom is -0.462 e. The van der Waals surface area contributed by atoms with Gasteiger partial charge in [0.1, 0.15) is 17.0 Å². The Hall–Kier alpha value is -1.62. The molecule has 4 nitrogen and oxygen atoms in total. The van der Waals surface area contributed by atoms with Crippen LogP contribution < -0.4 is 0 Å². The summed E-state index contributed by atoms with van der Waals surface area (Å²) in [5.41, 5.74) is 2.80. The van der Waals surface area contributed by atoms with Gasteiger partial charge in [-0.2, -0.15) is 0 Å². The van der Waals surface area contributed by atoms with Gasteiger partial charge in [-0.25, -0.2) is 4.79 Å². The maximum atomic E-state index is 12.0. The smallest absolute Gasteiger partial charge is 0.344 e. The molecule has 0 atom stereocenters. The van der Waals surface area contributed by atoms with E-state index in [9.17, 15) is 4.79 Å². The maximum Gasteiger partial charge on any atom is 0.344 e. The first-order valence-electron chi connectivity index (χ1n) is 5.94. The summed E-state index contributed by atoms with van der Waals surface area (Å²) in [4.78, 5) is 12.0. The third-order valence-corrected chi connectivity index (χ3v) is 3.12. The Bertz CT molecular complexity index is 599. The van der Waals surface area contributed by atoms with E-state index in [1.165, 1.54) is 0 Å². The van der Waals surface area contributed by atoms with E-state index in [4.69, 9.17) is 9.26 Å². The Morgan fingerprint density at radius 1 is 1.37 bits per heavy atom. The van der Waals surface area contributed by atoms with E-state index in [-0.39, 0.29) is 0 Å². The van der Waals surface area contributed by atoms with Crippen molar-refractivity contribution in [3.05, 3.63) is 39.6 Å². The van der Waals surface area contributed by atoms with Crippen LogP contribution in [0, 0.1) is 13.8 Å². The van der Waals surface area contributed by atoms with Crippen molar-refractivity contribution in [1.29, 1.82) is 0 Å². The van der Waals surface area contributed by atoms with Crippen LogP contribution in [0.5, 0.6) is 0 Å². The summed E-state index contributed by atoms with van der Waals surface area (Å²) in [6, 6.07) is 5.83. The Balaban J connectivity index is 2.53. The zero-order chi connectivity index (χ0) is 14.0. The van der Waals surface area contributed by atoms with Crippen molar-refractivity contribution in [1.82, 2.24) is 5.16 Å². The normalized spacial score (nSPS) is 10.5. The van der Waals surface area contributed by atoms with Crippen LogP contribution in [0.25, 0.3) is 11.3 Å². The van der Waals surface area contributed by atoms with Crippen molar-refractivity contribution >= 4 is 21.9 Å². The van der Waals surface area contributed by atoms with E-state index < -0.39 is 5.97 Å². The van der Waals surface area contributed by atoms with Crippen LogP contribution in [0.15, 0.2) is 27.2 Å². The van der Waals surface area contributed by atoms with E-state index in [1.54, 1.807) is 13.8 Å². The van der Waals surface area contributed by atoms with E-state index in [2.05, 4.69) is 21.1 Å².